The van der Waals surface area contributed by atoms with Gasteiger partial charge in [0.05, 0.1) is 7.11 Å². The molecule has 26 heavy (non-hydrogen) atoms. The van der Waals surface area contributed by atoms with E-state index in [1.165, 1.54) is 7.11 Å². The van der Waals surface area contributed by atoms with E-state index in [2.05, 4.69) is 11.8 Å². The maximum absolute atomic E-state index is 12.1. The molecule has 2 rings (SSSR count). The number of likely N-dealkylation sites (tertiary alicyclic amines) is 1. The van der Waals surface area contributed by atoms with Crippen molar-refractivity contribution in [1.29, 1.82) is 0 Å². The summed E-state index contributed by atoms with van der Waals surface area (Å²) in [7, 11) is 5.39. The SMILES string of the molecule is CCN(CCCC1CCN(C(=O)OC)C1)C1CCC(=O)C(=CN(C)C)C1. The van der Waals surface area contributed by atoms with Gasteiger partial charge in [0.2, 0.25) is 0 Å². The van der Waals surface area contributed by atoms with Crippen LogP contribution in [0.1, 0.15) is 45.4 Å². The molecule has 1 saturated carbocycles. The Bertz CT molecular complexity index is 518. The summed E-state index contributed by atoms with van der Waals surface area (Å²) in [4.78, 5) is 30.0. The zero-order chi connectivity index (χ0) is 19.1. The number of ether oxygens (including phenoxy) is 1. The quantitative estimate of drug-likeness (QED) is 0.650. The maximum Gasteiger partial charge on any atom is 0.409 e. The molecule has 1 aliphatic carbocycles. The first kappa shape index (κ1) is 20.7. The molecule has 1 amide bonds. The van der Waals surface area contributed by atoms with E-state index in [-0.39, 0.29) is 6.09 Å². The topological polar surface area (TPSA) is 53.1 Å². The summed E-state index contributed by atoms with van der Waals surface area (Å²) >= 11 is 0. The summed E-state index contributed by atoms with van der Waals surface area (Å²) in [5.74, 6) is 0.893. The summed E-state index contributed by atoms with van der Waals surface area (Å²) in [5.41, 5.74) is 0.967. The Hall–Kier alpha value is -1.56. The molecule has 2 fully saturated rings. The Labute approximate surface area is 158 Å². The van der Waals surface area contributed by atoms with Gasteiger partial charge in [0.15, 0.2) is 5.78 Å². The molecule has 0 aromatic carbocycles. The second-order valence-corrected chi connectivity index (χ2v) is 7.78. The van der Waals surface area contributed by atoms with Crippen LogP contribution in [0.25, 0.3) is 0 Å². The number of ketones is 1. The van der Waals surface area contributed by atoms with Crippen LogP contribution in [0.2, 0.25) is 0 Å². The molecule has 1 aliphatic heterocycles. The van der Waals surface area contributed by atoms with Crippen LogP contribution in [0.4, 0.5) is 4.79 Å². The van der Waals surface area contributed by atoms with Crippen molar-refractivity contribution in [3.63, 3.8) is 0 Å². The lowest BCUT2D eigenvalue weighted by Crippen LogP contribution is -2.40. The van der Waals surface area contributed by atoms with Gasteiger partial charge >= 0.3 is 6.09 Å². The molecule has 148 valence electrons. The van der Waals surface area contributed by atoms with Crippen LogP contribution in [0.3, 0.4) is 0 Å². The van der Waals surface area contributed by atoms with Crippen molar-refractivity contribution >= 4 is 11.9 Å². The summed E-state index contributed by atoms with van der Waals surface area (Å²) < 4.78 is 4.81. The third-order valence-electron chi connectivity index (χ3n) is 5.63. The molecule has 0 N–H and O–H groups in total. The summed E-state index contributed by atoms with van der Waals surface area (Å²) in [5, 5.41) is 0. The molecule has 1 heterocycles. The molecule has 6 nitrogen and oxygen atoms in total. The average Bonchev–Trinajstić information content (AvgIpc) is 3.08. The smallest absolute Gasteiger partial charge is 0.409 e. The fourth-order valence-electron chi connectivity index (χ4n) is 4.22. The summed E-state index contributed by atoms with van der Waals surface area (Å²) in [6.45, 7) is 5.94. The molecule has 1 saturated heterocycles. The second kappa shape index (κ2) is 9.95. The van der Waals surface area contributed by atoms with Crippen LogP contribution >= 0.6 is 0 Å². The van der Waals surface area contributed by atoms with Gasteiger partial charge in [0.25, 0.3) is 0 Å². The van der Waals surface area contributed by atoms with Crippen molar-refractivity contribution in [1.82, 2.24) is 14.7 Å². The lowest BCUT2D eigenvalue weighted by atomic mass is 9.88. The van der Waals surface area contributed by atoms with Gasteiger partial charge in [0, 0.05) is 51.4 Å². The van der Waals surface area contributed by atoms with Gasteiger partial charge in [0.1, 0.15) is 0 Å². The highest BCUT2D eigenvalue weighted by Gasteiger charge is 2.29. The van der Waals surface area contributed by atoms with Gasteiger partial charge in [-0.1, -0.05) is 6.92 Å². The van der Waals surface area contributed by atoms with E-state index in [4.69, 9.17) is 4.74 Å². The van der Waals surface area contributed by atoms with Gasteiger partial charge in [-0.15, -0.1) is 0 Å². The second-order valence-electron chi connectivity index (χ2n) is 7.78. The number of carbonyl (C=O) groups is 2. The van der Waals surface area contributed by atoms with Crippen LogP contribution in [0.15, 0.2) is 11.8 Å². The van der Waals surface area contributed by atoms with Crippen molar-refractivity contribution in [3.8, 4) is 0 Å². The molecule has 0 aromatic heterocycles. The number of methoxy groups -OCH3 is 1. The van der Waals surface area contributed by atoms with E-state index < -0.39 is 0 Å². The number of nitrogens with zero attached hydrogens (tertiary/aromatic N) is 3. The fraction of sp³-hybridized carbons (Fsp3) is 0.800. The van der Waals surface area contributed by atoms with Gasteiger partial charge in [-0.05, 0) is 51.1 Å². The van der Waals surface area contributed by atoms with Crippen molar-refractivity contribution in [2.45, 2.75) is 51.5 Å². The normalized spacial score (nSPS) is 25.2. The number of hydrogen-bond donors (Lipinski definition) is 0. The molecule has 6 heteroatoms. The number of amides is 1. The van der Waals surface area contributed by atoms with Gasteiger partial charge in [-0.25, -0.2) is 4.79 Å². The Morgan fingerprint density at radius 1 is 1.35 bits per heavy atom. The minimum absolute atomic E-state index is 0.199. The Morgan fingerprint density at radius 3 is 2.77 bits per heavy atom. The number of carbonyl (C=O) groups excluding carboxylic acids is 2. The highest BCUT2D eigenvalue weighted by atomic mass is 16.5. The minimum Gasteiger partial charge on any atom is -0.453 e. The largest absolute Gasteiger partial charge is 0.453 e. The van der Waals surface area contributed by atoms with E-state index in [9.17, 15) is 9.59 Å². The molecular formula is C20H35N3O3. The molecule has 0 bridgehead atoms. The molecule has 0 radical (unpaired) electrons. The lowest BCUT2D eigenvalue weighted by Gasteiger charge is -2.34. The highest BCUT2D eigenvalue weighted by Crippen LogP contribution is 2.26. The summed E-state index contributed by atoms with van der Waals surface area (Å²) in [6.07, 6.45) is 7.66. The maximum atomic E-state index is 12.1. The highest BCUT2D eigenvalue weighted by molar-refractivity contribution is 5.96. The molecule has 2 atom stereocenters. The van der Waals surface area contributed by atoms with Crippen LogP contribution in [-0.2, 0) is 9.53 Å². The molecule has 2 aliphatic rings. The first-order chi connectivity index (χ1) is 12.4. The monoisotopic (exact) mass is 365 g/mol. The van der Waals surface area contributed by atoms with E-state index in [0.29, 0.717) is 24.2 Å². The molecule has 0 spiro atoms. The predicted octanol–water partition coefficient (Wildman–Crippen LogP) is 2.74. The Morgan fingerprint density at radius 2 is 2.12 bits per heavy atom. The van der Waals surface area contributed by atoms with Crippen molar-refractivity contribution < 1.29 is 14.3 Å². The molecule has 2 unspecified atom stereocenters. The van der Waals surface area contributed by atoms with Crippen LogP contribution in [0, 0.1) is 5.92 Å². The average molecular weight is 366 g/mol. The lowest BCUT2D eigenvalue weighted by molar-refractivity contribution is -0.117. The van der Waals surface area contributed by atoms with Crippen LogP contribution in [0.5, 0.6) is 0 Å². The fourth-order valence-corrected chi connectivity index (χ4v) is 4.22. The first-order valence-corrected chi connectivity index (χ1v) is 9.91. The van der Waals surface area contributed by atoms with E-state index >= 15 is 0 Å². The van der Waals surface area contributed by atoms with Crippen LogP contribution in [-0.4, -0.2) is 80.0 Å². The van der Waals surface area contributed by atoms with Crippen molar-refractivity contribution in [3.05, 3.63) is 11.8 Å². The molecular weight excluding hydrogens is 330 g/mol. The zero-order valence-corrected chi connectivity index (χ0v) is 16.9. The van der Waals surface area contributed by atoms with Crippen molar-refractivity contribution in [2.24, 2.45) is 5.92 Å². The van der Waals surface area contributed by atoms with E-state index in [1.54, 1.807) is 0 Å². The number of rotatable bonds is 7. The predicted molar refractivity (Wildman–Crippen MR) is 103 cm³/mol. The number of Topliss-reactive ketones (excluding diaryl/α,β-unsaturated/α-hetero) is 1. The first-order valence-electron chi connectivity index (χ1n) is 9.91. The third kappa shape index (κ3) is 5.73. The Balaban J connectivity index is 1.79. The van der Waals surface area contributed by atoms with Crippen molar-refractivity contribution in [2.75, 3.05) is 47.4 Å². The number of hydrogen-bond acceptors (Lipinski definition) is 5. The Kier molecular flexibility index (Phi) is 7.94. The summed E-state index contributed by atoms with van der Waals surface area (Å²) in [6, 6.07) is 0.471. The van der Waals surface area contributed by atoms with Gasteiger partial charge in [-0.3, -0.25) is 4.79 Å². The van der Waals surface area contributed by atoms with Crippen LogP contribution < -0.4 is 0 Å². The molecule has 0 aromatic rings. The van der Waals surface area contributed by atoms with Gasteiger partial charge < -0.3 is 19.4 Å². The zero-order valence-electron chi connectivity index (χ0n) is 16.9. The van der Waals surface area contributed by atoms with Gasteiger partial charge in [-0.2, -0.15) is 0 Å². The van der Waals surface area contributed by atoms with E-state index in [1.807, 2.05) is 30.1 Å². The van der Waals surface area contributed by atoms with E-state index in [0.717, 1.165) is 63.9 Å². The standard InChI is InChI=1S/C20H35N3O3/c1-5-22(18-8-9-19(24)17(13-18)15-21(2)3)11-6-7-16-10-12-23(14-16)20(25)26-4/h15-16,18H,5-14H2,1-4H3. The minimum atomic E-state index is -0.199. The third-order valence-corrected chi connectivity index (χ3v) is 5.63.